The lowest BCUT2D eigenvalue weighted by atomic mass is 10.2. The van der Waals surface area contributed by atoms with E-state index in [4.69, 9.17) is 0 Å². The van der Waals surface area contributed by atoms with E-state index >= 15 is 0 Å². The summed E-state index contributed by atoms with van der Waals surface area (Å²) in [5.41, 5.74) is 0.324. The molecule has 0 radical (unpaired) electrons. The summed E-state index contributed by atoms with van der Waals surface area (Å²) in [5, 5.41) is 3.39. The first-order valence-electron chi connectivity index (χ1n) is 6.96. The number of amides is 1. The van der Waals surface area contributed by atoms with Crippen molar-refractivity contribution in [3.63, 3.8) is 0 Å². The van der Waals surface area contributed by atoms with E-state index in [0.717, 1.165) is 11.8 Å². The van der Waals surface area contributed by atoms with E-state index in [1.54, 1.807) is 31.3 Å². The Morgan fingerprint density at radius 2 is 2.09 bits per heavy atom. The number of hydrogen-bond acceptors (Lipinski definition) is 6. The molecule has 0 spiro atoms. The van der Waals surface area contributed by atoms with Crippen LogP contribution in [-0.2, 0) is 20.9 Å². The summed E-state index contributed by atoms with van der Waals surface area (Å²) in [6.45, 7) is 0.152. The third kappa shape index (κ3) is 4.10. The lowest BCUT2D eigenvalue weighted by Crippen LogP contribution is -2.26. The molecule has 2 rings (SSSR count). The molecule has 1 N–H and O–H groups in total. The molecule has 122 valence electrons. The van der Waals surface area contributed by atoms with Gasteiger partial charge < -0.3 is 10.1 Å². The summed E-state index contributed by atoms with van der Waals surface area (Å²) in [6, 6.07) is 6.98. The van der Waals surface area contributed by atoms with Crippen molar-refractivity contribution in [2.24, 2.45) is 0 Å². The van der Waals surface area contributed by atoms with E-state index < -0.39 is 5.97 Å². The Hall–Kier alpha value is -2.35. The number of nitrogens with zero attached hydrogens (tertiary/aromatic N) is 2. The number of nitrogens with one attached hydrogen (secondary N) is 1. The second-order valence-electron chi connectivity index (χ2n) is 4.66. The maximum atomic E-state index is 12.6. The average Bonchev–Trinajstić information content (AvgIpc) is 2.58. The molecular weight excluding hydrogens is 318 g/mol. The third-order valence-electron chi connectivity index (χ3n) is 3.21. The van der Waals surface area contributed by atoms with Gasteiger partial charge in [-0.3, -0.25) is 19.0 Å². The highest BCUT2D eigenvalue weighted by molar-refractivity contribution is 7.99. The Labute approximate surface area is 137 Å². The summed E-state index contributed by atoms with van der Waals surface area (Å²) < 4.78 is 6.02. The maximum Gasteiger partial charge on any atom is 0.307 e. The molecule has 7 nitrogen and oxygen atoms in total. The minimum absolute atomic E-state index is 0.0595. The summed E-state index contributed by atoms with van der Waals surface area (Å²) in [7, 11) is 2.84. The van der Waals surface area contributed by atoms with Gasteiger partial charge in [-0.15, -0.1) is 0 Å². The molecule has 0 saturated heterocycles. The SMILES string of the molecule is CNC(=O)CSc1nc2ccccc2c(=O)n1CCC(=O)OC. The van der Waals surface area contributed by atoms with E-state index in [1.165, 1.54) is 11.7 Å². The molecule has 0 saturated carbocycles. The van der Waals surface area contributed by atoms with Gasteiger partial charge in [0.1, 0.15) is 0 Å². The first-order chi connectivity index (χ1) is 11.1. The largest absolute Gasteiger partial charge is 0.469 e. The van der Waals surface area contributed by atoms with Crippen molar-refractivity contribution >= 4 is 34.5 Å². The van der Waals surface area contributed by atoms with Crippen molar-refractivity contribution in [3.05, 3.63) is 34.6 Å². The maximum absolute atomic E-state index is 12.6. The van der Waals surface area contributed by atoms with Crippen molar-refractivity contribution < 1.29 is 14.3 Å². The van der Waals surface area contributed by atoms with Gasteiger partial charge >= 0.3 is 5.97 Å². The van der Waals surface area contributed by atoms with E-state index in [2.05, 4.69) is 15.0 Å². The van der Waals surface area contributed by atoms with E-state index in [-0.39, 0.29) is 30.2 Å². The smallest absolute Gasteiger partial charge is 0.307 e. The van der Waals surface area contributed by atoms with Crippen molar-refractivity contribution in [1.29, 1.82) is 0 Å². The standard InChI is InChI=1S/C15H17N3O4S/c1-16-12(19)9-23-15-17-11-6-4-3-5-10(11)14(21)18(15)8-7-13(20)22-2/h3-6H,7-9H2,1-2H3,(H,16,19). The molecule has 23 heavy (non-hydrogen) atoms. The van der Waals surface area contributed by atoms with Crippen LogP contribution in [0.5, 0.6) is 0 Å². The molecule has 1 heterocycles. The molecule has 0 fully saturated rings. The Balaban J connectivity index is 2.41. The van der Waals surface area contributed by atoms with Gasteiger partial charge in [0.2, 0.25) is 5.91 Å². The monoisotopic (exact) mass is 335 g/mol. The number of benzene rings is 1. The number of carbonyl (C=O) groups excluding carboxylic acids is 2. The van der Waals surface area contributed by atoms with Crippen LogP contribution in [0, 0.1) is 0 Å². The highest BCUT2D eigenvalue weighted by Gasteiger charge is 2.14. The van der Waals surface area contributed by atoms with Crippen LogP contribution in [0.25, 0.3) is 10.9 Å². The zero-order valence-electron chi connectivity index (χ0n) is 12.9. The minimum Gasteiger partial charge on any atom is -0.469 e. The van der Waals surface area contributed by atoms with Crippen LogP contribution in [0.1, 0.15) is 6.42 Å². The van der Waals surface area contributed by atoms with Crippen LogP contribution in [-0.4, -0.2) is 41.3 Å². The van der Waals surface area contributed by atoms with Crippen molar-refractivity contribution in [2.75, 3.05) is 19.9 Å². The molecule has 0 aliphatic heterocycles. The molecule has 0 aliphatic rings. The van der Waals surface area contributed by atoms with Gasteiger partial charge in [-0.05, 0) is 12.1 Å². The van der Waals surface area contributed by atoms with Crippen LogP contribution < -0.4 is 10.9 Å². The zero-order valence-corrected chi connectivity index (χ0v) is 13.7. The second kappa shape index (κ2) is 7.77. The number of thioether (sulfide) groups is 1. The second-order valence-corrected chi connectivity index (χ2v) is 5.60. The molecule has 0 atom stereocenters. The number of fused-ring (bicyclic) bond motifs is 1. The van der Waals surface area contributed by atoms with Crippen LogP contribution in [0.3, 0.4) is 0 Å². The van der Waals surface area contributed by atoms with Gasteiger partial charge in [0, 0.05) is 13.6 Å². The number of hydrogen-bond donors (Lipinski definition) is 1. The van der Waals surface area contributed by atoms with Crippen molar-refractivity contribution in [3.8, 4) is 0 Å². The quantitative estimate of drug-likeness (QED) is 0.477. The lowest BCUT2D eigenvalue weighted by molar-refractivity contribution is -0.140. The number of para-hydroxylation sites is 1. The highest BCUT2D eigenvalue weighted by atomic mass is 32.2. The van der Waals surface area contributed by atoms with Crippen LogP contribution >= 0.6 is 11.8 Å². The van der Waals surface area contributed by atoms with Crippen molar-refractivity contribution in [2.45, 2.75) is 18.1 Å². The number of methoxy groups -OCH3 is 1. The first kappa shape index (κ1) is 17.0. The summed E-state index contributed by atoms with van der Waals surface area (Å²) in [6.07, 6.45) is 0.0595. The van der Waals surface area contributed by atoms with Gasteiger partial charge in [-0.2, -0.15) is 0 Å². The molecule has 1 amide bonds. The summed E-state index contributed by atoms with van der Waals surface area (Å²) in [4.78, 5) is 39.9. The zero-order chi connectivity index (χ0) is 16.8. The van der Waals surface area contributed by atoms with Gasteiger partial charge in [-0.1, -0.05) is 23.9 Å². The third-order valence-corrected chi connectivity index (χ3v) is 4.18. The fraction of sp³-hybridized carbons (Fsp3) is 0.333. The number of ether oxygens (including phenoxy) is 1. The molecule has 1 aromatic heterocycles. The summed E-state index contributed by atoms with van der Waals surface area (Å²) in [5.74, 6) is -0.441. The number of aromatic nitrogens is 2. The number of esters is 1. The first-order valence-corrected chi connectivity index (χ1v) is 7.95. The fourth-order valence-corrected chi connectivity index (χ4v) is 2.86. The van der Waals surface area contributed by atoms with Gasteiger partial charge in [0.15, 0.2) is 5.16 Å². The van der Waals surface area contributed by atoms with Crippen molar-refractivity contribution in [1.82, 2.24) is 14.9 Å². The molecule has 8 heteroatoms. The van der Waals surface area contributed by atoms with Gasteiger partial charge in [0.25, 0.3) is 5.56 Å². The highest BCUT2D eigenvalue weighted by Crippen LogP contribution is 2.18. The number of rotatable bonds is 6. The Bertz CT molecular complexity index is 788. The van der Waals surface area contributed by atoms with E-state index in [1.807, 2.05) is 0 Å². The molecule has 0 aliphatic carbocycles. The number of carbonyl (C=O) groups is 2. The normalized spacial score (nSPS) is 10.5. The Morgan fingerprint density at radius 3 is 2.78 bits per heavy atom. The predicted octanol–water partition coefficient (Wildman–Crippen LogP) is 0.798. The van der Waals surface area contributed by atoms with E-state index in [9.17, 15) is 14.4 Å². The fourth-order valence-electron chi connectivity index (χ4n) is 1.96. The molecule has 0 bridgehead atoms. The van der Waals surface area contributed by atoms with Gasteiger partial charge in [0.05, 0.1) is 30.2 Å². The predicted molar refractivity (Wildman–Crippen MR) is 87.4 cm³/mol. The Morgan fingerprint density at radius 1 is 1.35 bits per heavy atom. The average molecular weight is 335 g/mol. The minimum atomic E-state index is -0.410. The molecule has 1 aromatic carbocycles. The molecule has 0 unspecified atom stereocenters. The van der Waals surface area contributed by atoms with Crippen LogP contribution in [0.2, 0.25) is 0 Å². The van der Waals surface area contributed by atoms with Crippen LogP contribution in [0.4, 0.5) is 0 Å². The Kier molecular flexibility index (Phi) is 5.75. The molecule has 2 aromatic rings. The van der Waals surface area contributed by atoms with Gasteiger partial charge in [-0.25, -0.2) is 4.98 Å². The topological polar surface area (TPSA) is 90.3 Å². The van der Waals surface area contributed by atoms with Crippen LogP contribution in [0.15, 0.2) is 34.2 Å². The summed E-state index contributed by atoms with van der Waals surface area (Å²) >= 11 is 1.16. The lowest BCUT2D eigenvalue weighted by Gasteiger charge is -2.12. The van der Waals surface area contributed by atoms with E-state index in [0.29, 0.717) is 16.1 Å². The molecular formula is C15H17N3O4S.